The molecule has 0 bridgehead atoms. The first-order valence-electron chi connectivity index (χ1n) is 9.47. The van der Waals surface area contributed by atoms with Crippen molar-refractivity contribution in [1.29, 1.82) is 0 Å². The van der Waals surface area contributed by atoms with Crippen LogP contribution in [-0.4, -0.2) is 26.7 Å². The number of hydrogen-bond donors (Lipinski definition) is 3. The molecule has 0 radical (unpaired) electrons. The molecule has 1 aliphatic rings. The lowest BCUT2D eigenvalue weighted by molar-refractivity contribution is -0.686. The Hall–Kier alpha value is -2.57. The summed E-state index contributed by atoms with van der Waals surface area (Å²) in [5, 5.41) is 16.6. The van der Waals surface area contributed by atoms with Crippen LogP contribution in [0.15, 0.2) is 17.1 Å². The van der Waals surface area contributed by atoms with Crippen molar-refractivity contribution in [3.63, 3.8) is 0 Å². The molecule has 0 unspecified atom stereocenters. The Balaban J connectivity index is 2.21. The van der Waals surface area contributed by atoms with E-state index in [0.29, 0.717) is 12.2 Å². The molecule has 0 saturated heterocycles. The summed E-state index contributed by atoms with van der Waals surface area (Å²) in [6, 6.07) is 0.101. The molecule has 146 valence electrons. The van der Waals surface area contributed by atoms with Crippen molar-refractivity contribution in [3.05, 3.63) is 33.8 Å². The number of allylic oxidation sites excluding steroid dienone is 1. The van der Waals surface area contributed by atoms with Crippen LogP contribution < -0.4 is 15.4 Å². The molecule has 27 heavy (non-hydrogen) atoms. The van der Waals surface area contributed by atoms with Crippen molar-refractivity contribution in [2.75, 3.05) is 0 Å². The van der Waals surface area contributed by atoms with Crippen LogP contribution in [0.4, 0.5) is 0 Å². The molecule has 7 heteroatoms. The van der Waals surface area contributed by atoms with E-state index in [0.717, 1.165) is 18.4 Å². The van der Waals surface area contributed by atoms with E-state index in [-0.39, 0.29) is 28.8 Å². The summed E-state index contributed by atoms with van der Waals surface area (Å²) >= 11 is 0. The number of aromatic nitrogens is 3. The van der Waals surface area contributed by atoms with Crippen LogP contribution in [0.1, 0.15) is 63.4 Å². The molecular formula is C20H29N4O3+. The third kappa shape index (κ3) is 4.07. The highest BCUT2D eigenvalue weighted by Crippen LogP contribution is 2.22. The highest BCUT2D eigenvalue weighted by atomic mass is 16.3. The number of rotatable bonds is 5. The van der Waals surface area contributed by atoms with E-state index in [1.54, 1.807) is 10.8 Å². The first-order valence-corrected chi connectivity index (χ1v) is 9.47. The van der Waals surface area contributed by atoms with Gasteiger partial charge in [-0.3, -0.25) is 4.79 Å². The zero-order chi connectivity index (χ0) is 19.9. The Bertz CT molecular complexity index is 956. The fourth-order valence-corrected chi connectivity index (χ4v) is 2.95. The minimum Gasteiger partial charge on any atom is -0.477 e. The third-order valence-electron chi connectivity index (χ3n) is 4.42. The summed E-state index contributed by atoms with van der Waals surface area (Å²) < 4.78 is 2.99. The van der Waals surface area contributed by atoms with Crippen LogP contribution >= 0.6 is 0 Å². The van der Waals surface area contributed by atoms with Gasteiger partial charge in [0.2, 0.25) is 5.56 Å². The number of carbonyl (C=O) groups excluding carboxylic acids is 1. The Morgan fingerprint density at radius 1 is 1.44 bits per heavy atom. The Labute approximate surface area is 158 Å². The normalized spacial score (nSPS) is 15.2. The molecular weight excluding hydrogens is 344 g/mol. The summed E-state index contributed by atoms with van der Waals surface area (Å²) in [7, 11) is 0. The maximum atomic E-state index is 12.9. The number of nitrogens with one attached hydrogen (secondary N) is 2. The standard InChI is InChI=1S/C20H28N4O3/c1-12(2)11-23-17-13(8-9-20(3,4)5)10-21-24(17)19(27)15(18(23)26)16(25)22-14-6-7-14/h8-10,12,14H,6-7,11H2,1-5H3,(H2,22,25,26,27)/p+1/b9-8+. The number of aromatic hydroxyl groups is 1. The van der Waals surface area contributed by atoms with Crippen molar-refractivity contribution < 1.29 is 14.5 Å². The van der Waals surface area contributed by atoms with Gasteiger partial charge in [0.05, 0.1) is 18.3 Å². The monoisotopic (exact) mass is 373 g/mol. The number of aromatic amines is 1. The highest BCUT2D eigenvalue weighted by Gasteiger charge is 2.34. The van der Waals surface area contributed by atoms with Gasteiger partial charge in [-0.25, -0.2) is 9.89 Å². The van der Waals surface area contributed by atoms with E-state index in [4.69, 9.17) is 0 Å². The molecule has 0 spiro atoms. The van der Waals surface area contributed by atoms with Crippen LogP contribution in [0.5, 0.6) is 5.88 Å². The quantitative estimate of drug-likeness (QED) is 0.702. The van der Waals surface area contributed by atoms with Gasteiger partial charge in [0, 0.05) is 6.04 Å². The average Bonchev–Trinajstić information content (AvgIpc) is 3.24. The van der Waals surface area contributed by atoms with Crippen molar-refractivity contribution in [1.82, 2.24) is 14.9 Å². The van der Waals surface area contributed by atoms with Crippen LogP contribution in [0.25, 0.3) is 11.7 Å². The Morgan fingerprint density at radius 2 is 2.11 bits per heavy atom. The summed E-state index contributed by atoms with van der Waals surface area (Å²) in [6.07, 6.45) is 7.52. The molecule has 2 heterocycles. The second kappa shape index (κ2) is 6.87. The van der Waals surface area contributed by atoms with Gasteiger partial charge in [0.25, 0.3) is 5.91 Å². The molecule has 0 aliphatic heterocycles. The molecule has 1 aliphatic carbocycles. The maximum Gasteiger partial charge on any atom is 0.378 e. The molecule has 0 aromatic carbocycles. The smallest absolute Gasteiger partial charge is 0.378 e. The molecule has 1 fully saturated rings. The van der Waals surface area contributed by atoms with Crippen molar-refractivity contribution in [3.8, 4) is 5.88 Å². The van der Waals surface area contributed by atoms with Crippen molar-refractivity contribution >= 4 is 17.6 Å². The molecule has 3 rings (SSSR count). The van der Waals surface area contributed by atoms with E-state index in [9.17, 15) is 14.7 Å². The molecule has 0 atom stereocenters. The minimum atomic E-state index is -0.545. The van der Waals surface area contributed by atoms with Gasteiger partial charge >= 0.3 is 17.1 Å². The van der Waals surface area contributed by atoms with Crippen LogP contribution in [0, 0.1) is 11.3 Å². The molecule has 7 nitrogen and oxygen atoms in total. The maximum absolute atomic E-state index is 12.9. The third-order valence-corrected chi connectivity index (χ3v) is 4.42. The van der Waals surface area contributed by atoms with E-state index >= 15 is 0 Å². The molecule has 2 aromatic rings. The lowest BCUT2D eigenvalue weighted by atomic mass is 9.96. The van der Waals surface area contributed by atoms with Crippen molar-refractivity contribution in [2.45, 2.75) is 60.0 Å². The summed E-state index contributed by atoms with van der Waals surface area (Å²) in [4.78, 5) is 25.5. The van der Waals surface area contributed by atoms with Crippen LogP contribution in [0.2, 0.25) is 0 Å². The number of carbonyl (C=O) groups is 1. The number of amides is 1. The topological polar surface area (TPSA) is 90.5 Å². The van der Waals surface area contributed by atoms with Gasteiger partial charge in [-0.15, -0.1) is 0 Å². The lowest BCUT2D eigenvalue weighted by Gasteiger charge is -2.11. The summed E-state index contributed by atoms with van der Waals surface area (Å²) in [6.45, 7) is 10.8. The molecule has 3 N–H and O–H groups in total. The number of hydrogen-bond acceptors (Lipinski definition) is 3. The fourth-order valence-electron chi connectivity index (χ4n) is 2.95. The number of fused-ring (bicyclic) bond motifs is 1. The van der Waals surface area contributed by atoms with Gasteiger partial charge in [0.15, 0.2) is 0 Å². The van der Waals surface area contributed by atoms with E-state index in [1.807, 2.05) is 26.0 Å². The molecule has 2 aromatic heterocycles. The summed E-state index contributed by atoms with van der Waals surface area (Å²) in [5.41, 5.74) is 0.551. The van der Waals surface area contributed by atoms with E-state index < -0.39 is 11.5 Å². The van der Waals surface area contributed by atoms with Gasteiger partial charge in [-0.1, -0.05) is 45.2 Å². The predicted octanol–water partition coefficient (Wildman–Crippen LogP) is 2.23. The first kappa shape index (κ1) is 19.2. The van der Waals surface area contributed by atoms with Crippen LogP contribution in [-0.2, 0) is 6.54 Å². The predicted molar refractivity (Wildman–Crippen MR) is 104 cm³/mol. The van der Waals surface area contributed by atoms with Crippen LogP contribution in [0.3, 0.4) is 0 Å². The van der Waals surface area contributed by atoms with Crippen molar-refractivity contribution in [2.24, 2.45) is 11.3 Å². The Morgan fingerprint density at radius 3 is 2.67 bits per heavy atom. The zero-order valence-electron chi connectivity index (χ0n) is 16.7. The van der Waals surface area contributed by atoms with Gasteiger partial charge in [0.1, 0.15) is 0 Å². The second-order valence-corrected chi connectivity index (χ2v) is 8.84. The largest absolute Gasteiger partial charge is 0.477 e. The van der Waals surface area contributed by atoms with E-state index in [2.05, 4.69) is 31.2 Å². The van der Waals surface area contributed by atoms with Gasteiger partial charge in [-0.05, 0) is 30.3 Å². The number of nitrogens with zero attached hydrogens (tertiary/aromatic N) is 2. The Kier molecular flexibility index (Phi) is 4.88. The number of H-pyrrole nitrogens is 1. The second-order valence-electron chi connectivity index (χ2n) is 8.84. The summed E-state index contributed by atoms with van der Waals surface area (Å²) in [5.74, 6) is -0.582. The van der Waals surface area contributed by atoms with Gasteiger partial charge in [-0.2, -0.15) is 4.57 Å². The lowest BCUT2D eigenvalue weighted by Crippen LogP contribution is -2.46. The van der Waals surface area contributed by atoms with E-state index in [1.165, 1.54) is 4.52 Å². The highest BCUT2D eigenvalue weighted by molar-refractivity contribution is 5.96. The molecule has 1 amide bonds. The SMILES string of the molecule is CC(C)C[n+]1c(O)c(C(=O)NC2CC2)c(=O)n2[nH]cc(/C=C/C(C)(C)C)c21. The fraction of sp³-hybridized carbons (Fsp3) is 0.550. The minimum absolute atomic E-state index is 0.0242. The first-order chi connectivity index (χ1) is 12.6. The zero-order valence-corrected chi connectivity index (χ0v) is 16.7. The molecule has 1 saturated carbocycles. The average molecular weight is 373 g/mol. The van der Waals surface area contributed by atoms with Gasteiger partial charge < -0.3 is 10.4 Å².